The van der Waals surface area contributed by atoms with Gasteiger partial charge in [0.05, 0.1) is 12.2 Å². The normalized spacial score (nSPS) is 48.6. The summed E-state index contributed by atoms with van der Waals surface area (Å²) in [6, 6.07) is 0. The molecule has 184 valence electrons. The Balaban J connectivity index is 1.85. The molecule has 33 heavy (non-hydrogen) atoms. The first kappa shape index (κ1) is 24.6. The van der Waals surface area contributed by atoms with Gasteiger partial charge in [-0.25, -0.2) is 4.79 Å². The highest BCUT2D eigenvalue weighted by atomic mass is 16.7. The molecule has 10 unspecified atom stereocenters. The van der Waals surface area contributed by atoms with E-state index in [1.54, 1.807) is 40.0 Å². The molecule has 1 heterocycles. The van der Waals surface area contributed by atoms with Gasteiger partial charge in [0, 0.05) is 24.5 Å². The highest BCUT2D eigenvalue weighted by Gasteiger charge is 2.82. The van der Waals surface area contributed by atoms with Gasteiger partial charge < -0.3 is 24.4 Å². The number of carbonyl (C=O) groups excluding carboxylic acids is 2. The van der Waals surface area contributed by atoms with Crippen molar-refractivity contribution in [2.24, 2.45) is 29.1 Å². The van der Waals surface area contributed by atoms with Crippen LogP contribution in [0.2, 0.25) is 0 Å². The summed E-state index contributed by atoms with van der Waals surface area (Å²) in [4.78, 5) is 26.5. The van der Waals surface area contributed by atoms with Crippen molar-refractivity contribution < 1.29 is 34.0 Å². The van der Waals surface area contributed by atoms with E-state index in [-0.39, 0.29) is 29.0 Å². The summed E-state index contributed by atoms with van der Waals surface area (Å²) in [5.74, 6) is -1.74. The second kappa shape index (κ2) is 7.74. The van der Waals surface area contributed by atoms with Crippen molar-refractivity contribution in [2.75, 3.05) is 7.11 Å². The van der Waals surface area contributed by atoms with Crippen LogP contribution in [0.5, 0.6) is 0 Å². The molecule has 0 aromatic rings. The second-order valence-electron chi connectivity index (χ2n) is 11.3. The van der Waals surface area contributed by atoms with Crippen molar-refractivity contribution in [1.29, 1.82) is 0 Å². The van der Waals surface area contributed by atoms with Gasteiger partial charge in [-0.2, -0.15) is 0 Å². The molecule has 4 rings (SSSR count). The summed E-state index contributed by atoms with van der Waals surface area (Å²) < 4.78 is 18.0. The lowest BCUT2D eigenvalue weighted by Gasteiger charge is -2.29. The summed E-state index contributed by atoms with van der Waals surface area (Å²) in [6.45, 7) is 13.0. The molecule has 0 bridgehead atoms. The Morgan fingerprint density at radius 1 is 1.24 bits per heavy atom. The van der Waals surface area contributed by atoms with Gasteiger partial charge in [-0.3, -0.25) is 4.79 Å². The topological polar surface area (TPSA) is 106 Å². The molecule has 0 amide bonds. The minimum atomic E-state index is -1.18. The molecule has 3 aliphatic carbocycles. The Morgan fingerprint density at radius 2 is 1.88 bits per heavy atom. The number of fused-ring (bicyclic) bond motifs is 1. The van der Waals surface area contributed by atoms with E-state index in [9.17, 15) is 19.8 Å². The van der Waals surface area contributed by atoms with Crippen LogP contribution in [0.25, 0.3) is 0 Å². The van der Waals surface area contributed by atoms with E-state index in [1.807, 2.05) is 27.7 Å². The third-order valence-corrected chi connectivity index (χ3v) is 9.01. The summed E-state index contributed by atoms with van der Waals surface area (Å²) >= 11 is 0. The van der Waals surface area contributed by atoms with Gasteiger partial charge in [0.2, 0.25) is 0 Å². The average molecular weight is 463 g/mol. The monoisotopic (exact) mass is 462 g/mol. The quantitative estimate of drug-likeness (QED) is 0.287. The molecule has 7 nitrogen and oxygen atoms in total. The first-order valence-electron chi connectivity index (χ1n) is 12.0. The first-order valence-corrected chi connectivity index (χ1v) is 12.0. The maximum absolute atomic E-state index is 13.7. The van der Waals surface area contributed by atoms with Crippen molar-refractivity contribution in [3.63, 3.8) is 0 Å². The van der Waals surface area contributed by atoms with E-state index in [0.717, 1.165) is 0 Å². The van der Waals surface area contributed by atoms with Crippen molar-refractivity contribution in [3.8, 4) is 0 Å². The van der Waals surface area contributed by atoms with Crippen molar-refractivity contribution in [1.82, 2.24) is 0 Å². The molecule has 7 heteroatoms. The van der Waals surface area contributed by atoms with Crippen LogP contribution in [0.3, 0.4) is 0 Å². The standard InChI is InChI=1S/C26H38O7/c1-9-12(2)23(30)32-19-13(3)10-25-21(28)14(4)11-26(25,33-25)22(29)15(5)18(27)16-17(20(19)31-8)24(16,6)7/h9-10,14-21,27-28H,11H2,1-8H3. The summed E-state index contributed by atoms with van der Waals surface area (Å²) in [5, 5.41) is 22.4. The van der Waals surface area contributed by atoms with Crippen LogP contribution in [0.4, 0.5) is 0 Å². The Bertz CT molecular complexity index is 920. The fourth-order valence-electron chi connectivity index (χ4n) is 6.78. The summed E-state index contributed by atoms with van der Waals surface area (Å²) in [5.41, 5.74) is -1.50. The molecule has 0 aromatic heterocycles. The zero-order chi connectivity index (χ0) is 24.7. The Morgan fingerprint density at radius 3 is 2.45 bits per heavy atom. The minimum Gasteiger partial charge on any atom is -0.452 e. The predicted molar refractivity (Wildman–Crippen MR) is 121 cm³/mol. The van der Waals surface area contributed by atoms with Crippen LogP contribution < -0.4 is 0 Å². The number of aliphatic hydroxyl groups excluding tert-OH is 2. The Kier molecular flexibility index (Phi) is 5.76. The number of hydrogen-bond acceptors (Lipinski definition) is 7. The number of carbonyl (C=O) groups is 2. The van der Waals surface area contributed by atoms with Crippen LogP contribution in [0, 0.1) is 29.1 Å². The average Bonchev–Trinajstić information content (AvgIpc) is 3.56. The number of esters is 1. The Labute approximate surface area is 196 Å². The summed E-state index contributed by atoms with van der Waals surface area (Å²) in [6.07, 6.45) is 0.823. The van der Waals surface area contributed by atoms with Crippen molar-refractivity contribution in [3.05, 3.63) is 23.3 Å². The molecular formula is C26H38O7. The van der Waals surface area contributed by atoms with Gasteiger partial charge in [-0.15, -0.1) is 0 Å². The largest absolute Gasteiger partial charge is 0.452 e. The van der Waals surface area contributed by atoms with E-state index in [4.69, 9.17) is 14.2 Å². The number of Topliss-reactive ketones (excluding diaryl/α,β-unsaturated/α-hetero) is 1. The number of hydrogen-bond donors (Lipinski definition) is 2. The Hall–Kier alpha value is -1.54. The highest BCUT2D eigenvalue weighted by molar-refractivity contribution is 5.95. The van der Waals surface area contributed by atoms with Gasteiger partial charge >= 0.3 is 5.97 Å². The number of rotatable bonds is 3. The van der Waals surface area contributed by atoms with E-state index in [1.165, 1.54) is 0 Å². The molecule has 0 aromatic carbocycles. The fraction of sp³-hybridized carbons (Fsp3) is 0.769. The van der Waals surface area contributed by atoms with Crippen molar-refractivity contribution >= 4 is 11.8 Å². The van der Waals surface area contributed by atoms with Crippen LogP contribution >= 0.6 is 0 Å². The van der Waals surface area contributed by atoms with Crippen LogP contribution in [-0.2, 0) is 23.8 Å². The molecule has 2 N–H and O–H groups in total. The van der Waals surface area contributed by atoms with Gasteiger partial charge in [-0.05, 0) is 56.1 Å². The summed E-state index contributed by atoms with van der Waals surface area (Å²) in [7, 11) is 1.58. The highest BCUT2D eigenvalue weighted by Crippen LogP contribution is 2.67. The van der Waals surface area contributed by atoms with Gasteiger partial charge in [0.1, 0.15) is 12.2 Å². The number of aliphatic hydroxyl groups is 2. The van der Waals surface area contributed by atoms with Crippen LogP contribution in [0.15, 0.2) is 23.3 Å². The molecule has 10 atom stereocenters. The molecule has 4 aliphatic rings. The molecule has 3 fully saturated rings. The van der Waals surface area contributed by atoms with Crippen molar-refractivity contribution in [2.45, 2.75) is 90.5 Å². The maximum Gasteiger partial charge on any atom is 0.334 e. The molecule has 0 radical (unpaired) electrons. The maximum atomic E-state index is 13.7. The van der Waals surface area contributed by atoms with E-state index in [0.29, 0.717) is 17.6 Å². The smallest absolute Gasteiger partial charge is 0.334 e. The minimum absolute atomic E-state index is 0.117. The van der Waals surface area contributed by atoms with Crippen LogP contribution in [0.1, 0.15) is 54.9 Å². The number of methoxy groups -OCH3 is 1. The van der Waals surface area contributed by atoms with Gasteiger partial charge in [-0.1, -0.05) is 33.8 Å². The fourth-order valence-corrected chi connectivity index (χ4v) is 6.78. The zero-order valence-electron chi connectivity index (χ0n) is 20.9. The van der Waals surface area contributed by atoms with E-state index in [2.05, 4.69) is 0 Å². The first-order chi connectivity index (χ1) is 15.3. The number of allylic oxidation sites excluding steroid dienone is 1. The number of ketones is 1. The molecule has 1 saturated heterocycles. The third kappa shape index (κ3) is 3.23. The SMILES string of the molecule is CC=C(C)C(=O)OC1C(C)=CC23OC2(CC(C)C3O)C(=O)C(C)C(O)C2C(C1OC)C2(C)C. The number of epoxide rings is 1. The van der Waals surface area contributed by atoms with Gasteiger partial charge in [0.15, 0.2) is 17.0 Å². The van der Waals surface area contributed by atoms with E-state index >= 15 is 0 Å². The molecular weight excluding hydrogens is 424 g/mol. The lowest BCUT2D eigenvalue weighted by Crippen LogP contribution is -2.41. The second-order valence-corrected chi connectivity index (χ2v) is 11.3. The molecule has 2 saturated carbocycles. The third-order valence-electron chi connectivity index (χ3n) is 9.01. The van der Waals surface area contributed by atoms with Crippen LogP contribution in [-0.4, -0.2) is 64.7 Å². The zero-order valence-corrected chi connectivity index (χ0v) is 20.9. The lowest BCUT2D eigenvalue weighted by atomic mass is 9.81. The van der Waals surface area contributed by atoms with E-state index < -0.39 is 47.5 Å². The predicted octanol–water partition coefficient (Wildman–Crippen LogP) is 2.59. The number of ether oxygens (including phenoxy) is 3. The van der Waals surface area contributed by atoms with Gasteiger partial charge in [0.25, 0.3) is 0 Å². The molecule has 0 spiro atoms. The lowest BCUT2D eigenvalue weighted by molar-refractivity contribution is -0.150. The molecule has 1 aliphatic heterocycles.